The van der Waals surface area contributed by atoms with Crippen LogP contribution in [-0.4, -0.2) is 70.8 Å². The van der Waals surface area contributed by atoms with Gasteiger partial charge in [-0.3, -0.25) is 9.59 Å². The quantitative estimate of drug-likeness (QED) is 0.372. The molecule has 1 aromatic rings. The highest BCUT2D eigenvalue weighted by atomic mass is 16.6. The van der Waals surface area contributed by atoms with Gasteiger partial charge in [0.15, 0.2) is 5.78 Å². The Bertz CT molecular complexity index is 1010. The molecule has 1 aromatic carbocycles. The average molecular weight is 470 g/mol. The minimum atomic E-state index is -1.39. The van der Waals surface area contributed by atoms with Crippen LogP contribution in [0.5, 0.6) is 0 Å². The van der Waals surface area contributed by atoms with Crippen LogP contribution < -0.4 is 10.0 Å². The molecule has 1 N–H and O–H groups in total. The summed E-state index contributed by atoms with van der Waals surface area (Å²) in [5.74, 6) is -1.45. The Morgan fingerprint density at radius 3 is 2.38 bits per heavy atom. The number of amides is 2. The van der Waals surface area contributed by atoms with Crippen molar-refractivity contribution in [1.29, 1.82) is 5.41 Å². The highest BCUT2D eigenvalue weighted by Crippen LogP contribution is 2.34. The second-order valence-corrected chi connectivity index (χ2v) is 9.96. The van der Waals surface area contributed by atoms with E-state index in [4.69, 9.17) is 10.1 Å². The number of nitrogens with zero attached hydrogens (tertiary/aromatic N) is 3. The molecule has 0 saturated carbocycles. The minimum absolute atomic E-state index is 0.0396. The van der Waals surface area contributed by atoms with Crippen molar-refractivity contribution in [3.05, 3.63) is 42.0 Å². The van der Waals surface area contributed by atoms with Crippen LogP contribution in [0.3, 0.4) is 0 Å². The molecule has 0 radical (unpaired) electrons. The van der Waals surface area contributed by atoms with Gasteiger partial charge in [0.2, 0.25) is 0 Å². The number of ketones is 1. The monoisotopic (exact) mass is 469 g/mol. The maximum absolute atomic E-state index is 13.1. The number of nitrogens with one attached hydrogen (secondary N) is 1. The van der Waals surface area contributed by atoms with Crippen molar-refractivity contribution in [3.8, 4) is 0 Å². The fraction of sp³-hybridized carbons (Fsp3) is 0.520. The van der Waals surface area contributed by atoms with Gasteiger partial charge in [-0.25, -0.2) is 4.79 Å². The van der Waals surface area contributed by atoms with E-state index in [1.165, 1.54) is 11.0 Å². The van der Waals surface area contributed by atoms with Crippen molar-refractivity contribution >= 4 is 29.4 Å². The first kappa shape index (κ1) is 25.3. The molecule has 2 aliphatic heterocycles. The summed E-state index contributed by atoms with van der Waals surface area (Å²) >= 11 is 0. The predicted octanol–water partition coefficient (Wildman–Crippen LogP) is 2.33. The summed E-state index contributed by atoms with van der Waals surface area (Å²) < 4.78 is 5.45. The Morgan fingerprint density at radius 1 is 1.18 bits per heavy atom. The van der Waals surface area contributed by atoms with Gasteiger partial charge in [0, 0.05) is 50.4 Å². The Balaban J connectivity index is 1.71. The largest absolute Gasteiger partial charge is 0.861 e. The highest BCUT2D eigenvalue weighted by Gasteiger charge is 2.41. The minimum Gasteiger partial charge on any atom is -0.861 e. The zero-order valence-electron chi connectivity index (χ0n) is 20.3. The van der Waals surface area contributed by atoms with E-state index in [0.29, 0.717) is 31.7 Å². The number of hydrogen-bond donors (Lipinski definition) is 1. The van der Waals surface area contributed by atoms with Gasteiger partial charge >= 0.3 is 6.09 Å². The molecular weight excluding hydrogens is 436 g/mol. The SMILES string of the molecule is C=CC(=O)CC[C@@](C)(C(=N)[O-])N1Cc2cc(N3CCN(C(=O)OC(C)(C)C)CC3)ccc2C1=O. The molecule has 1 saturated heterocycles. The van der Waals surface area contributed by atoms with Crippen molar-refractivity contribution in [2.45, 2.75) is 58.2 Å². The molecule has 0 unspecified atom stereocenters. The first-order valence-corrected chi connectivity index (χ1v) is 11.4. The highest BCUT2D eigenvalue weighted by molar-refractivity contribution is 6.02. The second-order valence-electron chi connectivity index (χ2n) is 9.96. The summed E-state index contributed by atoms with van der Waals surface area (Å²) in [5.41, 5.74) is 0.269. The van der Waals surface area contributed by atoms with Crippen molar-refractivity contribution in [1.82, 2.24) is 9.80 Å². The number of fused-ring (bicyclic) bond motifs is 1. The van der Waals surface area contributed by atoms with Gasteiger partial charge in [-0.2, -0.15) is 0 Å². The van der Waals surface area contributed by atoms with Gasteiger partial charge in [0.05, 0.1) is 5.54 Å². The molecule has 0 bridgehead atoms. The number of rotatable bonds is 7. The molecule has 0 aliphatic carbocycles. The predicted molar refractivity (Wildman–Crippen MR) is 127 cm³/mol. The molecule has 34 heavy (non-hydrogen) atoms. The Morgan fingerprint density at radius 2 is 1.82 bits per heavy atom. The molecule has 1 fully saturated rings. The number of carbonyl (C=O) groups is 3. The second kappa shape index (κ2) is 9.48. The van der Waals surface area contributed by atoms with E-state index in [-0.39, 0.29) is 37.2 Å². The zero-order valence-corrected chi connectivity index (χ0v) is 20.3. The lowest BCUT2D eigenvalue weighted by Crippen LogP contribution is -2.56. The number of carbonyl (C=O) groups excluding carboxylic acids is 3. The van der Waals surface area contributed by atoms with Crippen LogP contribution in [0.4, 0.5) is 10.5 Å². The van der Waals surface area contributed by atoms with Gasteiger partial charge < -0.3 is 30.0 Å². The van der Waals surface area contributed by atoms with Crippen LogP contribution in [0.15, 0.2) is 30.9 Å². The summed E-state index contributed by atoms with van der Waals surface area (Å²) in [6.45, 7) is 13.0. The molecular formula is C25H33N4O5-. The van der Waals surface area contributed by atoms with Gasteiger partial charge in [-0.05, 0) is 69.9 Å². The zero-order chi connectivity index (χ0) is 25.3. The van der Waals surface area contributed by atoms with E-state index in [1.807, 2.05) is 32.9 Å². The molecule has 2 aliphatic rings. The number of hydrogen-bond acceptors (Lipinski definition) is 7. The lowest BCUT2D eigenvalue weighted by Gasteiger charge is -2.42. The van der Waals surface area contributed by atoms with Gasteiger partial charge in [-0.1, -0.05) is 6.58 Å². The van der Waals surface area contributed by atoms with E-state index < -0.39 is 17.0 Å². The Hall–Kier alpha value is -3.36. The Labute approximate surface area is 200 Å². The van der Waals surface area contributed by atoms with E-state index >= 15 is 0 Å². The first-order chi connectivity index (χ1) is 15.9. The number of benzene rings is 1. The number of allylic oxidation sites excluding steroid dienone is 1. The maximum Gasteiger partial charge on any atom is 0.410 e. The van der Waals surface area contributed by atoms with Crippen LogP contribution in [0.25, 0.3) is 0 Å². The molecule has 0 aromatic heterocycles. The normalized spacial score (nSPS) is 17.8. The average Bonchev–Trinajstić information content (AvgIpc) is 3.12. The summed E-state index contributed by atoms with van der Waals surface area (Å²) in [4.78, 5) is 42.4. The summed E-state index contributed by atoms with van der Waals surface area (Å²) in [6.07, 6.45) is 0.971. The number of piperazine rings is 1. The van der Waals surface area contributed by atoms with Crippen LogP contribution in [0, 0.1) is 5.41 Å². The van der Waals surface area contributed by atoms with E-state index in [1.54, 1.807) is 17.9 Å². The van der Waals surface area contributed by atoms with Crippen LogP contribution in [0.1, 0.15) is 56.5 Å². The summed E-state index contributed by atoms with van der Waals surface area (Å²) in [5, 5.41) is 20.0. The molecule has 1 atom stereocenters. The summed E-state index contributed by atoms with van der Waals surface area (Å²) in [7, 11) is 0. The summed E-state index contributed by atoms with van der Waals surface area (Å²) in [6, 6.07) is 5.54. The molecule has 0 spiro atoms. The van der Waals surface area contributed by atoms with Crippen molar-refractivity contribution in [2.75, 3.05) is 31.1 Å². The van der Waals surface area contributed by atoms with Crippen LogP contribution in [0.2, 0.25) is 0 Å². The van der Waals surface area contributed by atoms with E-state index in [0.717, 1.165) is 11.3 Å². The lowest BCUT2D eigenvalue weighted by atomic mass is 9.92. The van der Waals surface area contributed by atoms with Crippen LogP contribution in [-0.2, 0) is 16.1 Å². The number of anilines is 1. The van der Waals surface area contributed by atoms with Crippen molar-refractivity contribution < 1.29 is 24.2 Å². The third-order valence-corrected chi connectivity index (χ3v) is 6.36. The fourth-order valence-corrected chi connectivity index (χ4v) is 4.22. The molecule has 184 valence electrons. The smallest absolute Gasteiger partial charge is 0.410 e. The fourth-order valence-electron chi connectivity index (χ4n) is 4.22. The third kappa shape index (κ3) is 5.24. The number of ether oxygens (including phenoxy) is 1. The molecule has 2 heterocycles. The Kier molecular flexibility index (Phi) is 7.05. The molecule has 9 nitrogen and oxygen atoms in total. The first-order valence-electron chi connectivity index (χ1n) is 11.4. The van der Waals surface area contributed by atoms with Gasteiger partial charge in [-0.15, -0.1) is 0 Å². The molecule has 9 heteroatoms. The van der Waals surface area contributed by atoms with Gasteiger partial charge in [0.25, 0.3) is 5.91 Å². The van der Waals surface area contributed by atoms with E-state index in [2.05, 4.69) is 11.5 Å². The lowest BCUT2D eigenvalue weighted by molar-refractivity contribution is -0.232. The van der Waals surface area contributed by atoms with Gasteiger partial charge in [0.1, 0.15) is 5.60 Å². The maximum atomic E-state index is 13.1. The standard InChI is InChI=1S/C25H34N4O5/c1-6-19(30)9-10-25(5,22(26)32)29-16-17-15-18(7-8-20(17)21(29)31)27-11-13-28(14-12-27)23(33)34-24(2,3)4/h6-8,15H,1,9-14,16H2,2-5H3,(H2,26,32)/p-1/t25-/m0/s1. The van der Waals surface area contributed by atoms with E-state index in [9.17, 15) is 19.5 Å². The third-order valence-electron chi connectivity index (χ3n) is 6.36. The molecule has 2 amide bonds. The molecule has 3 rings (SSSR count). The van der Waals surface area contributed by atoms with Crippen molar-refractivity contribution in [3.63, 3.8) is 0 Å². The van der Waals surface area contributed by atoms with Crippen LogP contribution >= 0.6 is 0 Å². The van der Waals surface area contributed by atoms with Crippen molar-refractivity contribution in [2.24, 2.45) is 0 Å². The topological polar surface area (TPSA) is 117 Å².